The number of rotatable bonds is 10. The number of nitrogens with zero attached hydrogens (tertiary/aromatic N) is 1. The molecule has 3 atom stereocenters. The molecule has 2 aromatic carbocycles. The number of ketones is 1. The number of ether oxygens (including phenoxy) is 2. The standard InChI is InChI=1S/C23H30NO7P/c1-6-29-32(26,30-7-2)23-20(16-12-14-17(27-4)15-13-16)22(31-24(23)3)21(25)18-10-8-9-11-19(18)28-5/h8-15,20,22-23H,6-7H2,1-5H3/t20-,22+,23+/m0/s1. The molecule has 174 valence electrons. The van der Waals surface area contributed by atoms with E-state index >= 15 is 0 Å². The number of Topliss-reactive ketones (excluding diaryl/α,β-unsaturated/α-hetero) is 1. The third-order valence-electron chi connectivity index (χ3n) is 5.37. The summed E-state index contributed by atoms with van der Waals surface area (Å²) in [7, 11) is 1.07. The van der Waals surface area contributed by atoms with Crippen LogP contribution < -0.4 is 9.47 Å². The molecule has 3 rings (SSSR count). The van der Waals surface area contributed by atoms with Gasteiger partial charge in [0, 0.05) is 13.0 Å². The summed E-state index contributed by atoms with van der Waals surface area (Å²) in [5.74, 6) is -0.606. The van der Waals surface area contributed by atoms with Crippen molar-refractivity contribution in [2.24, 2.45) is 0 Å². The number of carbonyl (C=O) groups excluding carboxylic acids is 1. The second-order valence-corrected chi connectivity index (χ2v) is 9.35. The van der Waals surface area contributed by atoms with Crippen molar-refractivity contribution in [2.45, 2.75) is 31.7 Å². The van der Waals surface area contributed by atoms with Crippen LogP contribution in [0.2, 0.25) is 0 Å². The Morgan fingerprint density at radius 1 is 1.00 bits per heavy atom. The van der Waals surface area contributed by atoms with Gasteiger partial charge in [-0.05, 0) is 43.7 Å². The minimum atomic E-state index is -3.66. The van der Waals surface area contributed by atoms with Gasteiger partial charge in [-0.3, -0.25) is 14.2 Å². The Labute approximate surface area is 188 Å². The highest BCUT2D eigenvalue weighted by molar-refractivity contribution is 7.54. The Balaban J connectivity index is 2.11. The number of methoxy groups -OCH3 is 2. The van der Waals surface area contributed by atoms with Crippen molar-refractivity contribution in [3.8, 4) is 11.5 Å². The minimum absolute atomic E-state index is 0.196. The van der Waals surface area contributed by atoms with Crippen molar-refractivity contribution < 1.29 is 32.7 Å². The van der Waals surface area contributed by atoms with Gasteiger partial charge in [-0.15, -0.1) is 0 Å². The lowest BCUT2D eigenvalue weighted by Gasteiger charge is -2.30. The second-order valence-electron chi connectivity index (χ2n) is 7.22. The fraction of sp³-hybridized carbons (Fsp3) is 0.435. The van der Waals surface area contributed by atoms with Crippen LogP contribution in [0.5, 0.6) is 11.5 Å². The van der Waals surface area contributed by atoms with Crippen molar-refractivity contribution in [3.63, 3.8) is 0 Å². The van der Waals surface area contributed by atoms with Crippen LogP contribution in [0.15, 0.2) is 48.5 Å². The van der Waals surface area contributed by atoms with E-state index in [-0.39, 0.29) is 19.0 Å². The lowest BCUT2D eigenvalue weighted by molar-refractivity contribution is -0.122. The van der Waals surface area contributed by atoms with Gasteiger partial charge in [0.1, 0.15) is 17.3 Å². The van der Waals surface area contributed by atoms with Crippen LogP contribution in [-0.4, -0.2) is 57.2 Å². The molecule has 9 heteroatoms. The number of benzene rings is 2. The molecular weight excluding hydrogens is 433 g/mol. The lowest BCUT2D eigenvalue weighted by atomic mass is 9.89. The van der Waals surface area contributed by atoms with Gasteiger partial charge in [0.15, 0.2) is 11.9 Å². The molecule has 0 amide bonds. The van der Waals surface area contributed by atoms with E-state index in [0.717, 1.165) is 5.56 Å². The summed E-state index contributed by atoms with van der Waals surface area (Å²) in [6.45, 7) is 3.90. The normalized spacial score (nSPS) is 21.5. The smallest absolute Gasteiger partial charge is 0.350 e. The van der Waals surface area contributed by atoms with Crippen molar-refractivity contribution in [3.05, 3.63) is 59.7 Å². The van der Waals surface area contributed by atoms with E-state index in [1.165, 1.54) is 12.2 Å². The van der Waals surface area contributed by atoms with Crippen LogP contribution in [0.4, 0.5) is 0 Å². The molecule has 2 aromatic rings. The van der Waals surface area contributed by atoms with Gasteiger partial charge < -0.3 is 18.5 Å². The average Bonchev–Trinajstić information content (AvgIpc) is 3.16. The van der Waals surface area contributed by atoms with Gasteiger partial charge >= 0.3 is 7.60 Å². The van der Waals surface area contributed by atoms with E-state index in [9.17, 15) is 9.36 Å². The topological polar surface area (TPSA) is 83.5 Å². The molecule has 1 heterocycles. The number of hydroxylamine groups is 2. The monoisotopic (exact) mass is 463 g/mol. The highest BCUT2D eigenvalue weighted by atomic mass is 31.2. The van der Waals surface area contributed by atoms with Gasteiger partial charge in [-0.1, -0.05) is 24.3 Å². The predicted octanol–water partition coefficient (Wildman–Crippen LogP) is 4.51. The highest BCUT2D eigenvalue weighted by Gasteiger charge is 2.56. The minimum Gasteiger partial charge on any atom is -0.497 e. The van der Waals surface area contributed by atoms with E-state index in [4.69, 9.17) is 23.4 Å². The first-order chi connectivity index (χ1) is 15.4. The molecule has 0 aromatic heterocycles. The fourth-order valence-corrected chi connectivity index (χ4v) is 6.30. The lowest BCUT2D eigenvalue weighted by Crippen LogP contribution is -2.32. The van der Waals surface area contributed by atoms with Crippen molar-refractivity contribution >= 4 is 13.4 Å². The molecular formula is C23H30NO7P. The Morgan fingerprint density at radius 2 is 1.62 bits per heavy atom. The average molecular weight is 463 g/mol. The molecule has 0 spiro atoms. The highest BCUT2D eigenvalue weighted by Crippen LogP contribution is 2.61. The number of carbonyl (C=O) groups is 1. The number of likely N-dealkylation sites (N-methyl/N-ethyl adjacent to an activating group) is 1. The van der Waals surface area contributed by atoms with Gasteiger partial charge in [-0.25, -0.2) is 0 Å². The summed E-state index contributed by atoms with van der Waals surface area (Å²) in [6.07, 6.45) is -0.955. The summed E-state index contributed by atoms with van der Waals surface area (Å²) in [6, 6.07) is 14.2. The Hall–Kier alpha value is -2.22. The van der Waals surface area contributed by atoms with Gasteiger partial charge in [0.2, 0.25) is 0 Å². The van der Waals surface area contributed by atoms with E-state index in [1.807, 2.05) is 12.1 Å². The van der Waals surface area contributed by atoms with Crippen molar-refractivity contribution in [1.82, 2.24) is 5.06 Å². The van der Waals surface area contributed by atoms with Crippen LogP contribution >= 0.6 is 7.60 Å². The first-order valence-electron chi connectivity index (χ1n) is 10.5. The van der Waals surface area contributed by atoms with Crippen molar-refractivity contribution in [1.29, 1.82) is 0 Å². The third kappa shape index (κ3) is 4.75. The largest absolute Gasteiger partial charge is 0.497 e. The summed E-state index contributed by atoms with van der Waals surface area (Å²) in [5, 5.41) is 1.43. The maximum atomic E-state index is 13.8. The Bertz CT molecular complexity index is 955. The quantitative estimate of drug-likeness (QED) is 0.376. The van der Waals surface area contributed by atoms with E-state index in [0.29, 0.717) is 17.1 Å². The molecule has 0 unspecified atom stereocenters. The Morgan fingerprint density at radius 3 is 2.19 bits per heavy atom. The molecule has 0 N–H and O–H groups in total. The first kappa shape index (κ1) is 24.4. The van der Waals surface area contributed by atoms with Gasteiger partial charge in [0.25, 0.3) is 0 Å². The summed E-state index contributed by atoms with van der Waals surface area (Å²) in [5.41, 5.74) is 1.14. The van der Waals surface area contributed by atoms with Crippen LogP contribution in [-0.2, 0) is 18.5 Å². The van der Waals surface area contributed by atoms with Gasteiger partial charge in [0.05, 0.1) is 33.0 Å². The molecule has 1 aliphatic rings. The SMILES string of the molecule is CCOP(=O)(OCC)[C@@H]1[C@@H](c2ccc(OC)cc2)[C@H](C(=O)c2ccccc2OC)ON1C. The van der Waals surface area contributed by atoms with E-state index < -0.39 is 25.4 Å². The zero-order valence-corrected chi connectivity index (χ0v) is 19.9. The molecule has 1 saturated heterocycles. The summed E-state index contributed by atoms with van der Waals surface area (Å²) in [4.78, 5) is 19.7. The summed E-state index contributed by atoms with van der Waals surface area (Å²) < 4.78 is 35.8. The maximum absolute atomic E-state index is 13.8. The molecule has 0 aliphatic carbocycles. The van der Waals surface area contributed by atoms with Gasteiger partial charge in [-0.2, -0.15) is 5.06 Å². The molecule has 0 radical (unpaired) electrons. The summed E-state index contributed by atoms with van der Waals surface area (Å²) >= 11 is 0. The van der Waals surface area contributed by atoms with E-state index in [2.05, 4.69) is 0 Å². The number of hydrogen-bond donors (Lipinski definition) is 0. The Kier molecular flexibility index (Phi) is 8.09. The molecule has 32 heavy (non-hydrogen) atoms. The molecule has 1 aliphatic heterocycles. The fourth-order valence-electron chi connectivity index (χ4n) is 4.02. The maximum Gasteiger partial charge on any atom is 0.350 e. The zero-order valence-electron chi connectivity index (χ0n) is 19.0. The van der Waals surface area contributed by atoms with Crippen LogP contribution in [0.1, 0.15) is 35.7 Å². The molecule has 0 bridgehead atoms. The van der Waals surface area contributed by atoms with E-state index in [1.54, 1.807) is 64.4 Å². The van der Waals surface area contributed by atoms with Crippen LogP contribution in [0.3, 0.4) is 0 Å². The molecule has 0 saturated carbocycles. The molecule has 1 fully saturated rings. The number of para-hydroxylation sites is 1. The molecule has 8 nitrogen and oxygen atoms in total. The van der Waals surface area contributed by atoms with Crippen molar-refractivity contribution in [2.75, 3.05) is 34.5 Å². The first-order valence-corrected chi connectivity index (χ1v) is 12.1. The zero-order chi connectivity index (χ0) is 23.3. The predicted molar refractivity (Wildman–Crippen MR) is 120 cm³/mol. The van der Waals surface area contributed by atoms with Crippen LogP contribution in [0.25, 0.3) is 0 Å². The number of hydrogen-bond acceptors (Lipinski definition) is 8. The third-order valence-corrected chi connectivity index (χ3v) is 7.90. The van der Waals surface area contributed by atoms with Crippen LogP contribution in [0, 0.1) is 0 Å². The second kappa shape index (κ2) is 10.6.